The van der Waals surface area contributed by atoms with Gasteiger partial charge in [0.1, 0.15) is 11.9 Å². The SMILES string of the molecule is C[C@H](CNC1=Nc2ccccc2CN1)Oc1ccccc1. The number of nitrogens with one attached hydrogen (secondary N) is 2. The van der Waals surface area contributed by atoms with Gasteiger partial charge >= 0.3 is 0 Å². The molecule has 21 heavy (non-hydrogen) atoms. The van der Waals surface area contributed by atoms with E-state index in [1.54, 1.807) is 0 Å². The van der Waals surface area contributed by atoms with Crippen molar-refractivity contribution in [3.05, 3.63) is 60.2 Å². The van der Waals surface area contributed by atoms with Gasteiger partial charge in [0.05, 0.1) is 12.2 Å². The fourth-order valence-electron chi connectivity index (χ4n) is 2.22. The minimum atomic E-state index is 0.0640. The lowest BCUT2D eigenvalue weighted by atomic mass is 10.1. The van der Waals surface area contributed by atoms with Gasteiger partial charge in [-0.1, -0.05) is 36.4 Å². The van der Waals surface area contributed by atoms with Crippen LogP contribution in [0.25, 0.3) is 0 Å². The van der Waals surface area contributed by atoms with E-state index in [0.717, 1.165) is 23.9 Å². The predicted molar refractivity (Wildman–Crippen MR) is 84.9 cm³/mol. The van der Waals surface area contributed by atoms with Crippen LogP contribution < -0.4 is 15.4 Å². The molecule has 1 atom stereocenters. The van der Waals surface area contributed by atoms with Gasteiger partial charge in [-0.25, -0.2) is 4.99 Å². The van der Waals surface area contributed by atoms with Crippen molar-refractivity contribution >= 4 is 11.6 Å². The zero-order valence-corrected chi connectivity index (χ0v) is 12.0. The lowest BCUT2D eigenvalue weighted by Crippen LogP contribution is -2.42. The van der Waals surface area contributed by atoms with Crippen molar-refractivity contribution in [3.63, 3.8) is 0 Å². The van der Waals surface area contributed by atoms with E-state index in [1.165, 1.54) is 5.56 Å². The Morgan fingerprint density at radius 2 is 1.90 bits per heavy atom. The molecule has 2 N–H and O–H groups in total. The van der Waals surface area contributed by atoms with E-state index in [1.807, 2.05) is 55.5 Å². The number of rotatable bonds is 4. The number of nitrogens with zero attached hydrogens (tertiary/aromatic N) is 1. The standard InChI is InChI=1S/C17H19N3O/c1-13(21-15-8-3-2-4-9-15)11-18-17-19-12-14-7-5-6-10-16(14)20-17/h2-10,13H,11-12H2,1H3,(H2,18,19,20)/t13-/m1/s1. The number of para-hydroxylation sites is 2. The lowest BCUT2D eigenvalue weighted by molar-refractivity contribution is 0.224. The quantitative estimate of drug-likeness (QED) is 0.906. The highest BCUT2D eigenvalue weighted by Gasteiger charge is 2.11. The Labute approximate surface area is 124 Å². The summed E-state index contributed by atoms with van der Waals surface area (Å²) >= 11 is 0. The fraction of sp³-hybridized carbons (Fsp3) is 0.235. The van der Waals surface area contributed by atoms with Crippen molar-refractivity contribution in [2.75, 3.05) is 6.54 Å². The second kappa shape index (κ2) is 6.31. The normalized spacial score (nSPS) is 14.4. The molecular weight excluding hydrogens is 262 g/mol. The molecule has 0 saturated carbocycles. The molecule has 0 fully saturated rings. The van der Waals surface area contributed by atoms with Gasteiger partial charge in [-0.3, -0.25) is 0 Å². The topological polar surface area (TPSA) is 45.7 Å². The molecule has 108 valence electrons. The Hall–Kier alpha value is -2.49. The highest BCUT2D eigenvalue weighted by molar-refractivity contribution is 5.84. The summed E-state index contributed by atoms with van der Waals surface area (Å²) in [7, 11) is 0. The van der Waals surface area contributed by atoms with Crippen molar-refractivity contribution in [2.45, 2.75) is 19.6 Å². The number of ether oxygens (including phenoxy) is 1. The Kier molecular flexibility index (Phi) is 4.05. The van der Waals surface area contributed by atoms with Gasteiger partial charge in [0, 0.05) is 6.54 Å². The molecule has 0 saturated heterocycles. The first kappa shape index (κ1) is 13.5. The van der Waals surface area contributed by atoms with E-state index in [2.05, 4.69) is 21.7 Å². The van der Waals surface area contributed by atoms with Crippen LogP contribution in [0.5, 0.6) is 5.75 Å². The third-order valence-electron chi connectivity index (χ3n) is 3.31. The van der Waals surface area contributed by atoms with Gasteiger partial charge in [0.2, 0.25) is 0 Å². The summed E-state index contributed by atoms with van der Waals surface area (Å²) in [5.41, 5.74) is 2.24. The van der Waals surface area contributed by atoms with Crippen LogP contribution in [0.15, 0.2) is 59.6 Å². The van der Waals surface area contributed by atoms with E-state index >= 15 is 0 Å². The lowest BCUT2D eigenvalue weighted by Gasteiger charge is -2.21. The zero-order valence-electron chi connectivity index (χ0n) is 12.0. The van der Waals surface area contributed by atoms with Gasteiger partial charge in [-0.2, -0.15) is 0 Å². The zero-order chi connectivity index (χ0) is 14.5. The van der Waals surface area contributed by atoms with E-state index < -0.39 is 0 Å². The summed E-state index contributed by atoms with van der Waals surface area (Å²) in [6.07, 6.45) is 0.0640. The van der Waals surface area contributed by atoms with E-state index in [-0.39, 0.29) is 6.10 Å². The van der Waals surface area contributed by atoms with Gasteiger partial charge in [0.15, 0.2) is 5.96 Å². The van der Waals surface area contributed by atoms with Gasteiger partial charge < -0.3 is 15.4 Å². The molecule has 2 aromatic rings. The molecule has 4 heteroatoms. The first-order chi connectivity index (χ1) is 10.3. The van der Waals surface area contributed by atoms with Crippen molar-refractivity contribution in [3.8, 4) is 5.75 Å². The average molecular weight is 281 g/mol. The molecular formula is C17H19N3O. The molecule has 4 nitrogen and oxygen atoms in total. The van der Waals surface area contributed by atoms with Crippen molar-refractivity contribution in [2.24, 2.45) is 4.99 Å². The summed E-state index contributed by atoms with van der Waals surface area (Å²) < 4.78 is 5.83. The minimum Gasteiger partial charge on any atom is -0.489 e. The highest BCUT2D eigenvalue weighted by atomic mass is 16.5. The Bertz CT molecular complexity index is 625. The Balaban J connectivity index is 1.55. The first-order valence-electron chi connectivity index (χ1n) is 7.17. The maximum atomic E-state index is 5.83. The number of hydrogen-bond acceptors (Lipinski definition) is 4. The second-order valence-corrected chi connectivity index (χ2v) is 5.07. The third-order valence-corrected chi connectivity index (χ3v) is 3.31. The number of guanidine groups is 1. The van der Waals surface area contributed by atoms with Crippen molar-refractivity contribution in [1.29, 1.82) is 0 Å². The summed E-state index contributed by atoms with van der Waals surface area (Å²) in [6.45, 7) is 3.54. The van der Waals surface area contributed by atoms with Crippen LogP contribution in [0.2, 0.25) is 0 Å². The number of hydrogen-bond donors (Lipinski definition) is 2. The molecule has 1 heterocycles. The van der Waals surface area contributed by atoms with E-state index in [9.17, 15) is 0 Å². The summed E-state index contributed by atoms with van der Waals surface area (Å²) in [5, 5.41) is 6.57. The molecule has 0 bridgehead atoms. The Morgan fingerprint density at radius 1 is 1.14 bits per heavy atom. The molecule has 1 aliphatic heterocycles. The van der Waals surface area contributed by atoms with Crippen LogP contribution in [0.4, 0.5) is 5.69 Å². The van der Waals surface area contributed by atoms with Crippen LogP contribution >= 0.6 is 0 Å². The van der Waals surface area contributed by atoms with Crippen molar-refractivity contribution in [1.82, 2.24) is 10.6 Å². The molecule has 2 aromatic carbocycles. The van der Waals surface area contributed by atoms with Crippen LogP contribution in [0.3, 0.4) is 0 Å². The number of aliphatic imine (C=N–C) groups is 1. The second-order valence-electron chi connectivity index (χ2n) is 5.07. The maximum Gasteiger partial charge on any atom is 0.196 e. The summed E-state index contributed by atoms with van der Waals surface area (Å²) in [6, 6.07) is 18.0. The van der Waals surface area contributed by atoms with Crippen LogP contribution in [0.1, 0.15) is 12.5 Å². The molecule has 0 aromatic heterocycles. The molecule has 1 aliphatic rings. The van der Waals surface area contributed by atoms with E-state index in [4.69, 9.17) is 4.74 Å². The van der Waals surface area contributed by atoms with Gasteiger partial charge in [-0.15, -0.1) is 0 Å². The van der Waals surface area contributed by atoms with E-state index in [0.29, 0.717) is 6.54 Å². The predicted octanol–water partition coefficient (Wildman–Crippen LogP) is 2.83. The van der Waals surface area contributed by atoms with Gasteiger partial charge in [0.25, 0.3) is 0 Å². The number of benzene rings is 2. The molecule has 0 aliphatic carbocycles. The van der Waals surface area contributed by atoms with Gasteiger partial charge in [-0.05, 0) is 30.7 Å². The van der Waals surface area contributed by atoms with Crippen LogP contribution in [-0.2, 0) is 6.54 Å². The Morgan fingerprint density at radius 3 is 2.76 bits per heavy atom. The van der Waals surface area contributed by atoms with Crippen LogP contribution in [0, 0.1) is 0 Å². The minimum absolute atomic E-state index is 0.0640. The molecule has 0 spiro atoms. The maximum absolute atomic E-state index is 5.83. The van der Waals surface area contributed by atoms with Crippen LogP contribution in [-0.4, -0.2) is 18.6 Å². The highest BCUT2D eigenvalue weighted by Crippen LogP contribution is 2.20. The summed E-state index contributed by atoms with van der Waals surface area (Å²) in [5.74, 6) is 1.69. The third kappa shape index (κ3) is 3.54. The van der Waals surface area contributed by atoms with Crippen molar-refractivity contribution < 1.29 is 4.74 Å². The monoisotopic (exact) mass is 281 g/mol. The fourth-order valence-corrected chi connectivity index (χ4v) is 2.22. The first-order valence-corrected chi connectivity index (χ1v) is 7.17. The molecule has 3 rings (SSSR count). The average Bonchev–Trinajstić information content (AvgIpc) is 2.54. The summed E-state index contributed by atoms with van der Waals surface area (Å²) in [4.78, 5) is 4.56. The molecule has 0 radical (unpaired) electrons. The largest absolute Gasteiger partial charge is 0.489 e. The molecule has 0 unspecified atom stereocenters. The molecule has 0 amide bonds. The number of fused-ring (bicyclic) bond motifs is 1. The smallest absolute Gasteiger partial charge is 0.196 e.